The molecule has 0 radical (unpaired) electrons. The standard InChI is InChI=1S/C28H33F4N3O4/c1-33(2)25(38)21-16-35(24(37)15-20(21)19-7-3-4-8-22(19)29)18-27(39)13-14-34(17-26(27)10-5-6-11-26)23(36)9-12-28(30,31)32/h3-4,7-8,15-16,39H,5-6,9-14,17-18H2,1-2H3. The summed E-state index contributed by atoms with van der Waals surface area (Å²) in [5.74, 6) is -1.64. The van der Waals surface area contributed by atoms with Gasteiger partial charge in [0.25, 0.3) is 11.5 Å². The van der Waals surface area contributed by atoms with E-state index in [0.717, 1.165) is 12.8 Å². The van der Waals surface area contributed by atoms with Gasteiger partial charge in [0.15, 0.2) is 0 Å². The average molecular weight is 552 g/mol. The Hall–Kier alpha value is -3.21. The highest BCUT2D eigenvalue weighted by molar-refractivity contribution is 6.00. The van der Waals surface area contributed by atoms with Crippen LogP contribution in [0.5, 0.6) is 0 Å². The summed E-state index contributed by atoms with van der Waals surface area (Å²) in [5.41, 5.74) is -2.44. The molecular formula is C28H33F4N3O4. The van der Waals surface area contributed by atoms with Crippen LogP contribution in [0.2, 0.25) is 0 Å². The quantitative estimate of drug-likeness (QED) is 0.545. The van der Waals surface area contributed by atoms with E-state index >= 15 is 0 Å². The van der Waals surface area contributed by atoms with Crippen molar-refractivity contribution in [3.63, 3.8) is 0 Å². The van der Waals surface area contributed by atoms with Crippen LogP contribution in [0.25, 0.3) is 11.1 Å². The number of aliphatic hydroxyl groups is 1. The number of piperidine rings is 1. The van der Waals surface area contributed by atoms with Crippen LogP contribution in [0.3, 0.4) is 0 Å². The summed E-state index contributed by atoms with van der Waals surface area (Å²) in [4.78, 5) is 41.7. The highest BCUT2D eigenvalue weighted by Crippen LogP contribution is 2.51. The number of benzene rings is 1. The molecule has 39 heavy (non-hydrogen) atoms. The fourth-order valence-electron chi connectivity index (χ4n) is 6.01. The summed E-state index contributed by atoms with van der Waals surface area (Å²) in [6.45, 7) is -0.00605. The molecule has 1 aliphatic carbocycles. The highest BCUT2D eigenvalue weighted by atomic mass is 19.4. The van der Waals surface area contributed by atoms with Gasteiger partial charge in [0, 0.05) is 62.4 Å². The lowest BCUT2D eigenvalue weighted by molar-refractivity contribution is -0.166. The molecule has 1 N–H and O–H groups in total. The van der Waals surface area contributed by atoms with Crippen molar-refractivity contribution in [1.82, 2.24) is 14.4 Å². The Bertz CT molecular complexity index is 1300. The molecule has 11 heteroatoms. The molecule has 1 unspecified atom stereocenters. The van der Waals surface area contributed by atoms with E-state index in [1.807, 2.05) is 0 Å². The largest absolute Gasteiger partial charge is 0.389 e. The third-order valence-electron chi connectivity index (χ3n) is 8.17. The molecule has 1 aromatic carbocycles. The van der Waals surface area contributed by atoms with Gasteiger partial charge in [-0.3, -0.25) is 14.4 Å². The van der Waals surface area contributed by atoms with Gasteiger partial charge in [-0.2, -0.15) is 13.2 Å². The molecule has 1 spiro atoms. The van der Waals surface area contributed by atoms with E-state index in [9.17, 15) is 37.1 Å². The van der Waals surface area contributed by atoms with Crippen molar-refractivity contribution in [2.75, 3.05) is 27.2 Å². The van der Waals surface area contributed by atoms with Gasteiger partial charge < -0.3 is 19.5 Å². The minimum atomic E-state index is -4.44. The predicted octanol–water partition coefficient (Wildman–Crippen LogP) is 4.22. The van der Waals surface area contributed by atoms with E-state index in [2.05, 4.69) is 0 Å². The van der Waals surface area contributed by atoms with Crippen LogP contribution < -0.4 is 5.56 Å². The first kappa shape index (κ1) is 28.8. The van der Waals surface area contributed by atoms with E-state index in [0.29, 0.717) is 12.8 Å². The molecule has 212 valence electrons. The molecule has 1 saturated heterocycles. The van der Waals surface area contributed by atoms with Crippen molar-refractivity contribution < 1.29 is 32.3 Å². The molecule has 7 nitrogen and oxygen atoms in total. The molecule has 2 amide bonds. The number of rotatable bonds is 6. The van der Waals surface area contributed by atoms with Crippen LogP contribution in [-0.4, -0.2) is 70.3 Å². The Morgan fingerprint density at radius 3 is 2.36 bits per heavy atom. The fraction of sp³-hybridized carbons (Fsp3) is 0.536. The Labute approximate surface area is 224 Å². The third-order valence-corrected chi connectivity index (χ3v) is 8.17. The molecule has 2 aromatic rings. The van der Waals surface area contributed by atoms with Crippen molar-refractivity contribution in [3.8, 4) is 11.1 Å². The number of amides is 2. The first-order valence-electron chi connectivity index (χ1n) is 13.0. The van der Waals surface area contributed by atoms with Gasteiger partial charge >= 0.3 is 6.18 Å². The number of hydrogen-bond acceptors (Lipinski definition) is 4. The van der Waals surface area contributed by atoms with Crippen molar-refractivity contribution in [3.05, 3.63) is 58.3 Å². The maximum atomic E-state index is 14.6. The smallest absolute Gasteiger partial charge is 0.387 e. The van der Waals surface area contributed by atoms with E-state index in [1.54, 1.807) is 6.07 Å². The normalized spacial score (nSPS) is 20.8. The number of carbonyl (C=O) groups is 2. The van der Waals surface area contributed by atoms with Crippen molar-refractivity contribution in [2.45, 2.75) is 63.3 Å². The molecule has 1 aromatic heterocycles. The lowest BCUT2D eigenvalue weighted by Crippen LogP contribution is -2.62. The first-order chi connectivity index (χ1) is 18.3. The Balaban J connectivity index is 1.68. The van der Waals surface area contributed by atoms with E-state index in [4.69, 9.17) is 0 Å². The van der Waals surface area contributed by atoms with Crippen molar-refractivity contribution in [1.29, 1.82) is 0 Å². The number of aromatic nitrogens is 1. The van der Waals surface area contributed by atoms with E-state index < -0.39 is 53.2 Å². The van der Waals surface area contributed by atoms with Crippen LogP contribution in [0.1, 0.15) is 55.3 Å². The summed E-state index contributed by atoms with van der Waals surface area (Å²) in [6.07, 6.45) is -2.21. The van der Waals surface area contributed by atoms with E-state index in [-0.39, 0.29) is 42.7 Å². The minimum absolute atomic E-state index is 0.0560. The predicted molar refractivity (Wildman–Crippen MR) is 136 cm³/mol. The average Bonchev–Trinajstić information content (AvgIpc) is 3.35. The molecule has 1 saturated carbocycles. The van der Waals surface area contributed by atoms with Gasteiger partial charge in [-0.05, 0) is 25.3 Å². The molecule has 1 aliphatic heterocycles. The molecule has 2 aliphatic rings. The SMILES string of the molecule is CN(C)C(=O)c1cn(CC2(O)CCN(C(=O)CCC(F)(F)F)CC23CCCC3)c(=O)cc1-c1ccccc1F. The van der Waals surface area contributed by atoms with Crippen LogP contribution >= 0.6 is 0 Å². The molecule has 2 heterocycles. The molecule has 1 atom stereocenters. The van der Waals surface area contributed by atoms with E-state index in [1.165, 1.54) is 58.9 Å². The second kappa shape index (κ2) is 10.7. The van der Waals surface area contributed by atoms with Gasteiger partial charge in [-0.25, -0.2) is 4.39 Å². The van der Waals surface area contributed by atoms with Crippen LogP contribution in [0.4, 0.5) is 17.6 Å². The Morgan fingerprint density at radius 1 is 1.08 bits per heavy atom. The summed E-state index contributed by atoms with van der Waals surface area (Å²) >= 11 is 0. The van der Waals surface area contributed by atoms with Crippen LogP contribution in [0, 0.1) is 11.2 Å². The Kier molecular flexibility index (Phi) is 7.93. The van der Waals surface area contributed by atoms with Crippen molar-refractivity contribution >= 4 is 11.8 Å². The highest BCUT2D eigenvalue weighted by Gasteiger charge is 2.55. The number of carbonyl (C=O) groups excluding carboxylic acids is 2. The van der Waals surface area contributed by atoms with Gasteiger partial charge in [0.1, 0.15) is 5.82 Å². The first-order valence-corrected chi connectivity index (χ1v) is 13.0. The monoisotopic (exact) mass is 551 g/mol. The summed E-state index contributed by atoms with van der Waals surface area (Å²) in [7, 11) is 3.07. The van der Waals surface area contributed by atoms with Gasteiger partial charge in [-0.15, -0.1) is 0 Å². The number of alkyl halides is 3. The topological polar surface area (TPSA) is 82.8 Å². The zero-order chi connectivity index (χ0) is 28.6. The molecule has 2 fully saturated rings. The number of hydrogen-bond donors (Lipinski definition) is 1. The summed E-state index contributed by atoms with van der Waals surface area (Å²) < 4.78 is 54.0. The maximum Gasteiger partial charge on any atom is 0.389 e. The van der Waals surface area contributed by atoms with Gasteiger partial charge in [-0.1, -0.05) is 31.0 Å². The maximum absolute atomic E-state index is 14.6. The number of nitrogens with zero attached hydrogens (tertiary/aromatic N) is 3. The van der Waals surface area contributed by atoms with Gasteiger partial charge in [0.05, 0.1) is 24.1 Å². The summed E-state index contributed by atoms with van der Waals surface area (Å²) in [6, 6.07) is 7.01. The Morgan fingerprint density at radius 2 is 1.74 bits per heavy atom. The minimum Gasteiger partial charge on any atom is -0.387 e. The number of likely N-dealkylation sites (tertiary alicyclic amines) is 1. The van der Waals surface area contributed by atoms with Gasteiger partial charge in [0.2, 0.25) is 5.91 Å². The third kappa shape index (κ3) is 5.88. The molecule has 0 bridgehead atoms. The van der Waals surface area contributed by atoms with Crippen LogP contribution in [0.15, 0.2) is 41.3 Å². The zero-order valence-corrected chi connectivity index (χ0v) is 22.1. The lowest BCUT2D eigenvalue weighted by atomic mass is 9.65. The number of pyridine rings is 1. The van der Waals surface area contributed by atoms with Crippen LogP contribution in [-0.2, 0) is 11.3 Å². The molecular weight excluding hydrogens is 518 g/mol. The second-order valence-corrected chi connectivity index (χ2v) is 10.9. The van der Waals surface area contributed by atoms with Crippen molar-refractivity contribution in [2.24, 2.45) is 5.41 Å². The second-order valence-electron chi connectivity index (χ2n) is 10.9. The summed E-state index contributed by atoms with van der Waals surface area (Å²) in [5, 5.41) is 12.0. The molecule has 4 rings (SSSR count). The number of halogens is 4. The fourth-order valence-corrected chi connectivity index (χ4v) is 6.01. The lowest BCUT2D eigenvalue weighted by Gasteiger charge is -2.52. The zero-order valence-electron chi connectivity index (χ0n) is 22.1.